The van der Waals surface area contributed by atoms with E-state index in [-0.39, 0.29) is 16.7 Å². The molecule has 0 amide bonds. The fourth-order valence-electron chi connectivity index (χ4n) is 4.54. The first-order valence-electron chi connectivity index (χ1n) is 13.6. The van der Waals surface area contributed by atoms with Crippen LogP contribution in [0, 0.1) is 5.95 Å². The zero-order valence-electron chi connectivity index (χ0n) is 24.7. The first-order valence-corrected chi connectivity index (χ1v) is 16.5. The summed E-state index contributed by atoms with van der Waals surface area (Å²) in [5.41, 5.74) is 0.509. The normalized spacial score (nSPS) is 17.0. The first-order chi connectivity index (χ1) is 18.1. The van der Waals surface area contributed by atoms with Gasteiger partial charge < -0.3 is 18.8 Å². The fraction of sp³-hybridized carbons (Fsp3) is 0.533. The summed E-state index contributed by atoms with van der Waals surface area (Å²) < 4.78 is 34.8. The molecule has 1 fully saturated rings. The molecular formula is C30H42FN3O4Si. The molecule has 212 valence electrons. The highest BCUT2D eigenvalue weighted by atomic mass is 28.4. The number of fused-ring (bicyclic) bond motifs is 1. The van der Waals surface area contributed by atoms with Gasteiger partial charge in [-0.2, -0.15) is 4.39 Å². The monoisotopic (exact) mass is 555 g/mol. The summed E-state index contributed by atoms with van der Waals surface area (Å²) in [5, 5.41) is 0.790. The van der Waals surface area contributed by atoms with Crippen molar-refractivity contribution >= 4 is 31.1 Å². The first kappa shape index (κ1) is 29.1. The minimum absolute atomic E-state index is 0.0315. The van der Waals surface area contributed by atoms with Crippen LogP contribution in [0.5, 0.6) is 5.75 Å². The number of hydrogen-bond donors (Lipinski definition) is 0. The fourth-order valence-corrected chi connectivity index (χ4v) is 5.56. The molecule has 3 heterocycles. The lowest BCUT2D eigenvalue weighted by Crippen LogP contribution is -2.43. The van der Waals surface area contributed by atoms with Crippen molar-refractivity contribution in [3.63, 3.8) is 0 Å². The molecule has 0 N–H and O–H groups in total. The predicted molar refractivity (Wildman–Crippen MR) is 157 cm³/mol. The van der Waals surface area contributed by atoms with Crippen molar-refractivity contribution in [2.24, 2.45) is 0 Å². The Balaban J connectivity index is 1.78. The summed E-state index contributed by atoms with van der Waals surface area (Å²) in [7, 11) is -0.381. The van der Waals surface area contributed by atoms with Crippen molar-refractivity contribution in [1.82, 2.24) is 9.55 Å². The van der Waals surface area contributed by atoms with E-state index in [1.165, 1.54) is 4.57 Å². The third-order valence-corrected chi connectivity index (χ3v) is 12.0. The van der Waals surface area contributed by atoms with Crippen LogP contribution >= 0.6 is 0 Å². The SMILES string of the molecule is COC1CCCN(c2ccc(-c3cc4cc(O[Si](C)(C)C(C)(C)C)ccc4n3C(=O)OC(C)(C)C)c(F)n2)C1. The number of pyridine rings is 1. The molecule has 1 unspecified atom stereocenters. The third-order valence-electron chi connectivity index (χ3n) is 7.67. The molecule has 2 aromatic heterocycles. The van der Waals surface area contributed by atoms with E-state index in [2.05, 4.69) is 38.8 Å². The van der Waals surface area contributed by atoms with Gasteiger partial charge in [0, 0.05) is 25.6 Å². The molecule has 0 saturated carbocycles. The molecule has 1 saturated heterocycles. The molecule has 0 spiro atoms. The van der Waals surface area contributed by atoms with E-state index < -0.39 is 26.0 Å². The average Bonchev–Trinajstić information content (AvgIpc) is 3.20. The Bertz CT molecular complexity index is 1360. The van der Waals surface area contributed by atoms with E-state index in [9.17, 15) is 4.79 Å². The Hall–Kier alpha value is -2.91. The number of anilines is 1. The average molecular weight is 556 g/mol. The van der Waals surface area contributed by atoms with Crippen LogP contribution in [0.25, 0.3) is 22.2 Å². The Labute approximate surface area is 232 Å². The van der Waals surface area contributed by atoms with E-state index >= 15 is 4.39 Å². The van der Waals surface area contributed by atoms with Crippen LogP contribution in [0.2, 0.25) is 18.1 Å². The molecule has 0 radical (unpaired) electrons. The quantitative estimate of drug-likeness (QED) is 0.238. The highest BCUT2D eigenvalue weighted by molar-refractivity contribution is 6.74. The number of aromatic nitrogens is 2. The minimum Gasteiger partial charge on any atom is -0.543 e. The summed E-state index contributed by atoms with van der Waals surface area (Å²) in [6.45, 7) is 17.8. The van der Waals surface area contributed by atoms with Gasteiger partial charge in [-0.15, -0.1) is 0 Å². The van der Waals surface area contributed by atoms with Crippen molar-refractivity contribution in [2.45, 2.75) is 84.2 Å². The topological polar surface area (TPSA) is 65.8 Å². The second kappa shape index (κ2) is 10.6. The lowest BCUT2D eigenvalue weighted by molar-refractivity contribution is 0.0547. The molecule has 0 aliphatic carbocycles. The highest BCUT2D eigenvalue weighted by Crippen LogP contribution is 2.39. The van der Waals surface area contributed by atoms with E-state index in [1.807, 2.05) is 43.9 Å². The van der Waals surface area contributed by atoms with Gasteiger partial charge in [-0.1, -0.05) is 20.8 Å². The molecule has 1 aliphatic rings. The van der Waals surface area contributed by atoms with E-state index in [1.54, 1.807) is 25.3 Å². The number of methoxy groups -OCH3 is 1. The molecule has 1 aromatic carbocycles. The zero-order chi connectivity index (χ0) is 28.8. The van der Waals surface area contributed by atoms with Gasteiger partial charge in [-0.25, -0.2) is 14.3 Å². The lowest BCUT2D eigenvalue weighted by atomic mass is 10.1. The van der Waals surface area contributed by atoms with Crippen LogP contribution in [0.15, 0.2) is 36.4 Å². The molecule has 0 bridgehead atoms. The van der Waals surface area contributed by atoms with Gasteiger partial charge in [0.25, 0.3) is 0 Å². The minimum atomic E-state index is -2.08. The summed E-state index contributed by atoms with van der Waals surface area (Å²) in [6, 6.07) is 10.9. The molecular weight excluding hydrogens is 513 g/mol. The van der Waals surface area contributed by atoms with E-state index in [4.69, 9.17) is 13.9 Å². The van der Waals surface area contributed by atoms with Gasteiger partial charge in [0.1, 0.15) is 17.2 Å². The predicted octanol–water partition coefficient (Wildman–Crippen LogP) is 7.62. The summed E-state index contributed by atoms with van der Waals surface area (Å²) in [4.78, 5) is 19.8. The summed E-state index contributed by atoms with van der Waals surface area (Å²) in [5.74, 6) is 0.647. The van der Waals surface area contributed by atoms with Crippen LogP contribution in [0.4, 0.5) is 15.0 Å². The summed E-state index contributed by atoms with van der Waals surface area (Å²) in [6.07, 6.45) is 1.45. The van der Waals surface area contributed by atoms with Crippen LogP contribution in [0.3, 0.4) is 0 Å². The maximum Gasteiger partial charge on any atom is 0.419 e. The van der Waals surface area contributed by atoms with Gasteiger partial charge >= 0.3 is 6.09 Å². The molecule has 39 heavy (non-hydrogen) atoms. The van der Waals surface area contributed by atoms with Crippen LogP contribution in [0.1, 0.15) is 54.4 Å². The van der Waals surface area contributed by atoms with Gasteiger partial charge in [0.05, 0.1) is 22.9 Å². The Morgan fingerprint density at radius 3 is 2.41 bits per heavy atom. The van der Waals surface area contributed by atoms with Gasteiger partial charge in [-0.05, 0) is 88.1 Å². The second-order valence-corrected chi connectivity index (χ2v) is 17.6. The molecule has 4 rings (SSSR count). The molecule has 7 nitrogen and oxygen atoms in total. The number of benzene rings is 1. The van der Waals surface area contributed by atoms with Gasteiger partial charge in [0.2, 0.25) is 14.3 Å². The van der Waals surface area contributed by atoms with Crippen molar-refractivity contribution in [2.75, 3.05) is 25.1 Å². The van der Waals surface area contributed by atoms with E-state index in [0.717, 1.165) is 30.5 Å². The largest absolute Gasteiger partial charge is 0.543 e. The lowest BCUT2D eigenvalue weighted by Gasteiger charge is -2.36. The highest BCUT2D eigenvalue weighted by Gasteiger charge is 2.39. The second-order valence-electron chi connectivity index (χ2n) is 12.9. The van der Waals surface area contributed by atoms with Gasteiger partial charge in [-0.3, -0.25) is 0 Å². The van der Waals surface area contributed by atoms with Crippen molar-refractivity contribution in [3.05, 3.63) is 42.3 Å². The number of halogens is 1. The standard InChI is InChI=1S/C30H42FN3O4Si/c1-29(2,3)37-28(35)34-24-14-12-21(38-39(8,9)30(4,5)6)17-20(24)18-25(34)23-13-15-26(32-27(23)31)33-16-10-11-22(19-33)36-7/h12-15,17-18,22H,10-11,16,19H2,1-9H3. The molecule has 1 aliphatic heterocycles. The number of ether oxygens (including phenoxy) is 2. The van der Waals surface area contributed by atoms with Crippen molar-refractivity contribution in [3.8, 4) is 17.0 Å². The van der Waals surface area contributed by atoms with Crippen LogP contribution in [-0.4, -0.2) is 55.9 Å². The molecule has 3 aromatic rings. The number of rotatable bonds is 5. The summed E-state index contributed by atoms with van der Waals surface area (Å²) >= 11 is 0. The van der Waals surface area contributed by atoms with Crippen LogP contribution in [-0.2, 0) is 9.47 Å². The van der Waals surface area contributed by atoms with Crippen molar-refractivity contribution in [1.29, 1.82) is 0 Å². The maximum atomic E-state index is 15.7. The Kier molecular flexibility index (Phi) is 7.89. The Morgan fingerprint density at radius 1 is 1.08 bits per heavy atom. The Morgan fingerprint density at radius 2 is 1.79 bits per heavy atom. The number of nitrogens with zero attached hydrogens (tertiary/aromatic N) is 3. The number of piperidine rings is 1. The number of carbonyl (C=O) groups is 1. The number of carbonyl (C=O) groups excluding carboxylic acids is 1. The van der Waals surface area contributed by atoms with Crippen LogP contribution < -0.4 is 9.33 Å². The van der Waals surface area contributed by atoms with Crippen molar-refractivity contribution < 1.29 is 23.1 Å². The maximum absolute atomic E-state index is 15.7. The smallest absolute Gasteiger partial charge is 0.419 e. The number of hydrogen-bond acceptors (Lipinski definition) is 6. The molecule has 1 atom stereocenters. The van der Waals surface area contributed by atoms with E-state index in [0.29, 0.717) is 23.6 Å². The van der Waals surface area contributed by atoms with Gasteiger partial charge in [0.15, 0.2) is 0 Å². The zero-order valence-corrected chi connectivity index (χ0v) is 25.7. The third kappa shape index (κ3) is 6.30. The molecule has 9 heteroatoms.